The summed E-state index contributed by atoms with van der Waals surface area (Å²) in [5.74, 6) is 1.97. The van der Waals surface area contributed by atoms with Crippen LogP contribution in [0.15, 0.2) is 59.6 Å². The first-order chi connectivity index (χ1) is 15.2. The number of aliphatic imine (C=N–C) groups is 1. The van der Waals surface area contributed by atoms with Crippen molar-refractivity contribution < 1.29 is 4.79 Å². The highest BCUT2D eigenvalue weighted by Gasteiger charge is 2.23. The monoisotopic (exact) mass is 546 g/mol. The van der Waals surface area contributed by atoms with E-state index < -0.39 is 0 Å². The van der Waals surface area contributed by atoms with Gasteiger partial charge in [0.05, 0.1) is 0 Å². The molecule has 6 heteroatoms. The van der Waals surface area contributed by atoms with Crippen molar-refractivity contribution in [2.24, 2.45) is 10.9 Å². The lowest BCUT2D eigenvalue weighted by Crippen LogP contribution is -2.46. The largest absolute Gasteiger partial charge is 0.356 e. The molecule has 2 aromatic carbocycles. The number of benzene rings is 2. The molecule has 0 bridgehead atoms. The van der Waals surface area contributed by atoms with Gasteiger partial charge in [0.25, 0.3) is 0 Å². The molecule has 5 nitrogen and oxygen atoms in total. The molecule has 1 amide bonds. The Labute approximate surface area is 209 Å². The maximum absolute atomic E-state index is 12.6. The van der Waals surface area contributed by atoms with Crippen LogP contribution in [0, 0.1) is 5.92 Å². The quantitative estimate of drug-likeness (QED) is 0.252. The SMILES string of the molecule is CN=C(NCCCC(=O)N1Cc2ccccc2C1)N1CCC(Cc2ccccc2)CC1.I. The van der Waals surface area contributed by atoms with Gasteiger partial charge in [0.1, 0.15) is 0 Å². The van der Waals surface area contributed by atoms with Crippen molar-refractivity contribution in [3.8, 4) is 0 Å². The highest BCUT2D eigenvalue weighted by Crippen LogP contribution is 2.23. The summed E-state index contributed by atoms with van der Waals surface area (Å²) in [5, 5.41) is 3.47. The van der Waals surface area contributed by atoms with Crippen LogP contribution in [0.3, 0.4) is 0 Å². The zero-order valence-corrected chi connectivity index (χ0v) is 21.3. The summed E-state index contributed by atoms with van der Waals surface area (Å²) < 4.78 is 0. The number of carbonyl (C=O) groups is 1. The van der Waals surface area contributed by atoms with E-state index in [-0.39, 0.29) is 29.9 Å². The highest BCUT2D eigenvalue weighted by atomic mass is 127. The number of hydrogen-bond acceptors (Lipinski definition) is 2. The van der Waals surface area contributed by atoms with Gasteiger partial charge < -0.3 is 15.1 Å². The van der Waals surface area contributed by atoms with E-state index >= 15 is 0 Å². The minimum atomic E-state index is 0. The van der Waals surface area contributed by atoms with Gasteiger partial charge in [-0.1, -0.05) is 54.6 Å². The number of halogens is 1. The zero-order chi connectivity index (χ0) is 21.5. The van der Waals surface area contributed by atoms with Gasteiger partial charge in [-0.15, -0.1) is 24.0 Å². The van der Waals surface area contributed by atoms with Crippen LogP contribution < -0.4 is 5.32 Å². The number of hydrogen-bond donors (Lipinski definition) is 1. The molecule has 2 aromatic rings. The summed E-state index contributed by atoms with van der Waals surface area (Å²) in [5.41, 5.74) is 4.00. The maximum atomic E-state index is 12.6. The molecule has 2 aliphatic heterocycles. The van der Waals surface area contributed by atoms with Gasteiger partial charge in [0.2, 0.25) is 5.91 Å². The van der Waals surface area contributed by atoms with E-state index in [2.05, 4.69) is 57.7 Å². The second-order valence-electron chi connectivity index (χ2n) is 8.72. The normalized spacial score (nSPS) is 16.5. The number of likely N-dealkylation sites (tertiary alicyclic amines) is 1. The molecule has 0 saturated carbocycles. The van der Waals surface area contributed by atoms with E-state index in [0.717, 1.165) is 51.0 Å². The lowest BCUT2D eigenvalue weighted by atomic mass is 9.90. The van der Waals surface area contributed by atoms with Crippen molar-refractivity contribution in [1.82, 2.24) is 15.1 Å². The first kappa shape index (κ1) is 24.6. The lowest BCUT2D eigenvalue weighted by Gasteiger charge is -2.34. The predicted molar refractivity (Wildman–Crippen MR) is 141 cm³/mol. The van der Waals surface area contributed by atoms with Gasteiger partial charge in [-0.05, 0) is 48.3 Å². The standard InChI is InChI=1S/C26H34N4O.HI/c1-27-26(29-16-13-22(14-17-29)18-21-8-3-2-4-9-21)28-15-7-12-25(31)30-19-23-10-5-6-11-24(23)20-30;/h2-6,8-11,22H,7,12-20H2,1H3,(H,27,28);1H. The third-order valence-electron chi connectivity index (χ3n) is 6.54. The third kappa shape index (κ3) is 6.47. The highest BCUT2D eigenvalue weighted by molar-refractivity contribution is 14.0. The Hall–Kier alpha value is -2.09. The van der Waals surface area contributed by atoms with Crippen LogP contribution in [0.5, 0.6) is 0 Å². The topological polar surface area (TPSA) is 47.9 Å². The van der Waals surface area contributed by atoms with E-state index in [9.17, 15) is 4.79 Å². The van der Waals surface area contributed by atoms with Crippen LogP contribution in [-0.2, 0) is 24.3 Å². The molecule has 0 atom stereocenters. The molecule has 2 heterocycles. The lowest BCUT2D eigenvalue weighted by molar-refractivity contribution is -0.131. The van der Waals surface area contributed by atoms with E-state index in [1.165, 1.54) is 36.0 Å². The molecular weight excluding hydrogens is 511 g/mol. The van der Waals surface area contributed by atoms with E-state index in [1.807, 2.05) is 24.1 Å². The Morgan fingerprint density at radius 1 is 0.969 bits per heavy atom. The second kappa shape index (κ2) is 12.2. The molecule has 4 rings (SSSR count). The van der Waals surface area contributed by atoms with Gasteiger partial charge in [0.15, 0.2) is 5.96 Å². The first-order valence-corrected chi connectivity index (χ1v) is 11.6. The summed E-state index contributed by atoms with van der Waals surface area (Å²) >= 11 is 0. The van der Waals surface area contributed by atoms with Gasteiger partial charge in [-0.3, -0.25) is 9.79 Å². The molecule has 0 spiro atoms. The number of rotatable bonds is 6. The number of nitrogens with one attached hydrogen (secondary N) is 1. The molecule has 1 N–H and O–H groups in total. The Morgan fingerprint density at radius 3 is 2.22 bits per heavy atom. The van der Waals surface area contributed by atoms with Crippen LogP contribution in [0.1, 0.15) is 42.4 Å². The van der Waals surface area contributed by atoms with Gasteiger partial charge in [0, 0.05) is 46.2 Å². The summed E-state index contributed by atoms with van der Waals surface area (Å²) in [6, 6.07) is 19.1. The van der Waals surface area contributed by atoms with Crippen molar-refractivity contribution in [2.75, 3.05) is 26.7 Å². The van der Waals surface area contributed by atoms with Gasteiger partial charge in [-0.2, -0.15) is 0 Å². The van der Waals surface area contributed by atoms with Crippen molar-refractivity contribution in [1.29, 1.82) is 0 Å². The zero-order valence-electron chi connectivity index (χ0n) is 19.0. The Kier molecular flexibility index (Phi) is 9.38. The van der Waals surface area contributed by atoms with Gasteiger partial charge in [-0.25, -0.2) is 0 Å². The van der Waals surface area contributed by atoms with Crippen LogP contribution in [0.4, 0.5) is 0 Å². The molecular formula is C26H35IN4O. The van der Waals surface area contributed by atoms with Crippen LogP contribution in [-0.4, -0.2) is 48.3 Å². The van der Waals surface area contributed by atoms with Crippen LogP contribution in [0.2, 0.25) is 0 Å². The first-order valence-electron chi connectivity index (χ1n) is 11.6. The fourth-order valence-corrected chi connectivity index (χ4v) is 4.74. The average molecular weight is 546 g/mol. The van der Waals surface area contributed by atoms with E-state index in [1.54, 1.807) is 0 Å². The minimum Gasteiger partial charge on any atom is -0.356 e. The number of amides is 1. The fraction of sp³-hybridized carbons (Fsp3) is 0.462. The summed E-state index contributed by atoms with van der Waals surface area (Å²) in [6.45, 7) is 4.37. The fourth-order valence-electron chi connectivity index (χ4n) is 4.74. The molecule has 0 unspecified atom stereocenters. The van der Waals surface area contributed by atoms with E-state index in [4.69, 9.17) is 0 Å². The Balaban J connectivity index is 0.00000289. The molecule has 0 radical (unpaired) electrons. The van der Waals surface area contributed by atoms with E-state index in [0.29, 0.717) is 6.42 Å². The predicted octanol–water partition coefficient (Wildman–Crippen LogP) is 4.46. The molecule has 172 valence electrons. The molecule has 0 aliphatic carbocycles. The summed E-state index contributed by atoms with van der Waals surface area (Å²) in [7, 11) is 1.85. The Bertz CT molecular complexity index is 869. The number of piperidine rings is 1. The Morgan fingerprint density at radius 2 is 1.59 bits per heavy atom. The van der Waals surface area contributed by atoms with Gasteiger partial charge >= 0.3 is 0 Å². The summed E-state index contributed by atoms with van der Waals surface area (Å²) in [6.07, 6.45) is 4.97. The molecule has 1 saturated heterocycles. The average Bonchev–Trinajstić information content (AvgIpc) is 3.25. The number of carbonyl (C=O) groups excluding carboxylic acids is 1. The molecule has 32 heavy (non-hydrogen) atoms. The smallest absolute Gasteiger partial charge is 0.223 e. The van der Waals surface area contributed by atoms with Crippen molar-refractivity contribution in [2.45, 2.75) is 45.2 Å². The second-order valence-corrected chi connectivity index (χ2v) is 8.72. The van der Waals surface area contributed by atoms with Crippen molar-refractivity contribution in [3.05, 3.63) is 71.3 Å². The number of fused-ring (bicyclic) bond motifs is 1. The minimum absolute atomic E-state index is 0. The molecule has 2 aliphatic rings. The van der Waals surface area contributed by atoms with Crippen molar-refractivity contribution >= 4 is 35.8 Å². The van der Waals surface area contributed by atoms with Crippen molar-refractivity contribution in [3.63, 3.8) is 0 Å². The molecule has 1 fully saturated rings. The van der Waals surface area contributed by atoms with Crippen LogP contribution in [0.25, 0.3) is 0 Å². The third-order valence-corrected chi connectivity index (χ3v) is 6.54. The summed E-state index contributed by atoms with van der Waals surface area (Å²) in [4.78, 5) is 21.4. The number of guanidine groups is 1. The number of nitrogens with zero attached hydrogens (tertiary/aromatic N) is 3. The van der Waals surface area contributed by atoms with Crippen LogP contribution >= 0.6 is 24.0 Å². The molecule has 0 aromatic heterocycles. The maximum Gasteiger partial charge on any atom is 0.223 e.